The average Bonchev–Trinajstić information content (AvgIpc) is 2.27. The second-order valence-corrected chi connectivity index (χ2v) is 3.56. The molecule has 0 aromatic rings. The van der Waals surface area contributed by atoms with E-state index in [-0.39, 0.29) is 11.5 Å². The summed E-state index contributed by atoms with van der Waals surface area (Å²) in [6, 6.07) is 0. The minimum atomic E-state index is -2.16. The van der Waals surface area contributed by atoms with Crippen LogP contribution in [0, 0.1) is 0 Å². The maximum atomic E-state index is 11.1. The fraction of sp³-hybridized carbons (Fsp3) is 0.200. The van der Waals surface area contributed by atoms with Crippen LogP contribution < -0.4 is 5.73 Å². The van der Waals surface area contributed by atoms with Crippen LogP contribution in [0.25, 0.3) is 0 Å². The number of carboxylic acids is 2. The van der Waals surface area contributed by atoms with Crippen molar-refractivity contribution in [2.24, 2.45) is 5.73 Å². The number of allylic oxidation sites excluding steroid dienone is 2. The topological polar surface area (TPSA) is 119 Å². The van der Waals surface area contributed by atoms with Crippen LogP contribution >= 0.6 is 0 Å². The van der Waals surface area contributed by atoms with Crippen molar-refractivity contribution < 1.29 is 29.3 Å². The Bertz CT molecular complexity index is 477. The third-order valence-corrected chi connectivity index (χ3v) is 2.41. The van der Waals surface area contributed by atoms with Crippen LogP contribution in [0.15, 0.2) is 36.0 Å². The fourth-order valence-electron chi connectivity index (χ4n) is 1.53. The van der Waals surface area contributed by atoms with Gasteiger partial charge in [0.1, 0.15) is 0 Å². The Balaban J connectivity index is 2.50. The lowest BCUT2D eigenvalue weighted by Crippen LogP contribution is -2.61. The molecule has 2 heterocycles. The van der Waals surface area contributed by atoms with E-state index in [1.54, 1.807) is 0 Å². The van der Waals surface area contributed by atoms with Gasteiger partial charge in [-0.3, -0.25) is 0 Å². The lowest BCUT2D eigenvalue weighted by molar-refractivity contribution is -0.161. The summed E-state index contributed by atoms with van der Waals surface area (Å²) < 4.78 is 10.0. The predicted octanol–water partition coefficient (Wildman–Crippen LogP) is -0.436. The van der Waals surface area contributed by atoms with Crippen molar-refractivity contribution in [3.05, 3.63) is 36.0 Å². The van der Waals surface area contributed by atoms with Crippen molar-refractivity contribution >= 4 is 11.9 Å². The van der Waals surface area contributed by atoms with Gasteiger partial charge in [-0.1, -0.05) is 0 Å². The number of ether oxygens (including phenoxy) is 2. The van der Waals surface area contributed by atoms with Gasteiger partial charge < -0.3 is 25.4 Å². The first-order valence-corrected chi connectivity index (χ1v) is 4.63. The number of hydrogen-bond acceptors (Lipinski definition) is 5. The molecule has 0 aromatic heterocycles. The fourth-order valence-corrected chi connectivity index (χ4v) is 1.53. The molecule has 4 N–H and O–H groups in total. The standard InChI is InChI=1S/C10H9NO6/c11-10(9(14)15)4-6-5(2-1-3-16-6)17-7(10)8(12)13/h1-4,7H,11H2,(H,12,13)(H,14,15). The molecule has 0 fully saturated rings. The lowest BCUT2D eigenvalue weighted by Gasteiger charge is -2.34. The molecule has 0 aromatic carbocycles. The van der Waals surface area contributed by atoms with E-state index in [4.69, 9.17) is 25.4 Å². The Kier molecular flexibility index (Phi) is 2.40. The summed E-state index contributed by atoms with van der Waals surface area (Å²) in [4.78, 5) is 22.0. The molecule has 0 bridgehead atoms. The minimum Gasteiger partial charge on any atom is -0.480 e. The molecule has 2 unspecified atom stereocenters. The monoisotopic (exact) mass is 239 g/mol. The summed E-state index contributed by atoms with van der Waals surface area (Å²) in [5.41, 5.74) is 3.38. The molecule has 17 heavy (non-hydrogen) atoms. The third kappa shape index (κ3) is 1.66. The summed E-state index contributed by atoms with van der Waals surface area (Å²) in [5.74, 6) is -2.73. The average molecular weight is 239 g/mol. The van der Waals surface area contributed by atoms with Gasteiger partial charge in [-0.15, -0.1) is 0 Å². The summed E-state index contributed by atoms with van der Waals surface area (Å²) in [7, 11) is 0. The van der Waals surface area contributed by atoms with Gasteiger partial charge in [0.2, 0.25) is 6.10 Å². The Labute approximate surface area is 95.4 Å². The van der Waals surface area contributed by atoms with E-state index in [1.165, 1.54) is 18.4 Å². The first-order valence-electron chi connectivity index (χ1n) is 4.63. The SMILES string of the molecule is NC1(C(=O)O)C=C2OC=CC=C2OC1C(=O)O. The number of carbonyl (C=O) groups is 2. The molecule has 7 nitrogen and oxygen atoms in total. The molecule has 0 aliphatic carbocycles. The molecule has 0 amide bonds. The van der Waals surface area contributed by atoms with E-state index in [9.17, 15) is 9.59 Å². The largest absolute Gasteiger partial charge is 0.480 e. The smallest absolute Gasteiger partial charge is 0.347 e. The highest BCUT2D eigenvalue weighted by atomic mass is 16.6. The van der Waals surface area contributed by atoms with Crippen molar-refractivity contribution in [1.29, 1.82) is 0 Å². The van der Waals surface area contributed by atoms with Crippen LogP contribution in [-0.2, 0) is 19.1 Å². The Morgan fingerprint density at radius 3 is 2.65 bits per heavy atom. The molecule has 0 saturated heterocycles. The molecular formula is C10H9NO6. The third-order valence-electron chi connectivity index (χ3n) is 2.41. The first kappa shape index (κ1) is 11.2. The Morgan fingerprint density at radius 2 is 2.06 bits per heavy atom. The van der Waals surface area contributed by atoms with Gasteiger partial charge >= 0.3 is 11.9 Å². The molecule has 2 aliphatic heterocycles. The summed E-state index contributed by atoms with van der Waals surface area (Å²) in [5, 5.41) is 17.9. The van der Waals surface area contributed by atoms with Gasteiger partial charge in [0.15, 0.2) is 17.1 Å². The molecule has 2 atom stereocenters. The van der Waals surface area contributed by atoms with E-state index in [0.717, 1.165) is 6.08 Å². The highest BCUT2D eigenvalue weighted by Crippen LogP contribution is 2.31. The summed E-state index contributed by atoms with van der Waals surface area (Å²) in [6.45, 7) is 0. The van der Waals surface area contributed by atoms with Crippen molar-refractivity contribution in [3.8, 4) is 0 Å². The van der Waals surface area contributed by atoms with Gasteiger partial charge in [-0.2, -0.15) is 0 Å². The molecular weight excluding hydrogens is 230 g/mol. The zero-order valence-electron chi connectivity index (χ0n) is 8.49. The summed E-state index contributed by atoms with van der Waals surface area (Å²) in [6.07, 6.45) is 3.60. The van der Waals surface area contributed by atoms with Crippen molar-refractivity contribution in [2.75, 3.05) is 0 Å². The number of aliphatic carboxylic acids is 2. The van der Waals surface area contributed by atoms with E-state index in [2.05, 4.69) is 0 Å². The molecule has 2 rings (SSSR count). The minimum absolute atomic E-state index is 0.0925. The van der Waals surface area contributed by atoms with Gasteiger partial charge in [-0.25, -0.2) is 9.59 Å². The number of rotatable bonds is 2. The molecule has 0 spiro atoms. The number of nitrogens with two attached hydrogens (primary N) is 1. The lowest BCUT2D eigenvalue weighted by atomic mass is 9.89. The molecule has 0 radical (unpaired) electrons. The van der Waals surface area contributed by atoms with Crippen LogP contribution in [0.2, 0.25) is 0 Å². The van der Waals surface area contributed by atoms with Crippen molar-refractivity contribution in [3.63, 3.8) is 0 Å². The van der Waals surface area contributed by atoms with Gasteiger partial charge in [-0.05, 0) is 18.2 Å². The van der Waals surface area contributed by atoms with E-state index in [0.29, 0.717) is 0 Å². The van der Waals surface area contributed by atoms with Crippen LogP contribution in [0.3, 0.4) is 0 Å². The molecule has 90 valence electrons. The number of carboxylic acid groups (broad SMARTS) is 2. The Hall–Kier alpha value is -2.28. The second-order valence-electron chi connectivity index (χ2n) is 3.56. The van der Waals surface area contributed by atoms with Gasteiger partial charge in [0.25, 0.3) is 0 Å². The quantitative estimate of drug-likeness (QED) is 0.597. The zero-order chi connectivity index (χ0) is 12.6. The van der Waals surface area contributed by atoms with Gasteiger partial charge in [0.05, 0.1) is 6.26 Å². The maximum Gasteiger partial charge on any atom is 0.347 e. The van der Waals surface area contributed by atoms with Crippen LogP contribution in [0.1, 0.15) is 0 Å². The normalized spacial score (nSPS) is 30.3. The van der Waals surface area contributed by atoms with E-state index in [1.807, 2.05) is 0 Å². The van der Waals surface area contributed by atoms with E-state index < -0.39 is 23.6 Å². The number of fused-ring (bicyclic) bond motifs is 1. The van der Waals surface area contributed by atoms with Gasteiger partial charge in [0, 0.05) is 0 Å². The maximum absolute atomic E-state index is 11.1. The molecule has 7 heteroatoms. The predicted molar refractivity (Wildman–Crippen MR) is 53.5 cm³/mol. The van der Waals surface area contributed by atoms with Crippen molar-refractivity contribution in [1.82, 2.24) is 0 Å². The second kappa shape index (κ2) is 3.63. The highest BCUT2D eigenvalue weighted by molar-refractivity contribution is 5.91. The first-order chi connectivity index (χ1) is 7.95. The Morgan fingerprint density at radius 1 is 1.35 bits per heavy atom. The number of hydrogen-bond donors (Lipinski definition) is 3. The van der Waals surface area contributed by atoms with Crippen LogP contribution in [0.4, 0.5) is 0 Å². The zero-order valence-corrected chi connectivity index (χ0v) is 8.49. The molecule has 0 saturated carbocycles. The van der Waals surface area contributed by atoms with Crippen LogP contribution in [0.5, 0.6) is 0 Å². The van der Waals surface area contributed by atoms with Crippen LogP contribution in [-0.4, -0.2) is 33.8 Å². The van der Waals surface area contributed by atoms with E-state index >= 15 is 0 Å². The van der Waals surface area contributed by atoms with Crippen molar-refractivity contribution in [2.45, 2.75) is 11.6 Å². The molecule has 2 aliphatic rings. The highest BCUT2D eigenvalue weighted by Gasteiger charge is 2.51. The summed E-state index contributed by atoms with van der Waals surface area (Å²) >= 11 is 0.